The van der Waals surface area contributed by atoms with E-state index in [-0.39, 0.29) is 17.4 Å². The normalized spacial score (nSPS) is 10.9. The second kappa shape index (κ2) is 12.5. The Morgan fingerprint density at radius 2 is 1.56 bits per heavy atom. The number of carbonyl (C=O) groups is 2. The number of hydrogen-bond acceptors (Lipinski definition) is 7. The van der Waals surface area contributed by atoms with E-state index in [4.69, 9.17) is 14.9 Å². The molecular formula is C23H23NO5S3. The van der Waals surface area contributed by atoms with E-state index < -0.39 is 11.9 Å². The Bertz CT molecular complexity index is 1010. The molecule has 0 amide bonds. The Morgan fingerprint density at radius 3 is 2.22 bits per heavy atom. The monoisotopic (exact) mass is 489 g/mol. The van der Waals surface area contributed by atoms with E-state index in [0.717, 1.165) is 21.8 Å². The lowest BCUT2D eigenvalue weighted by Crippen LogP contribution is -2.04. The standard InChI is InChI=1S/C23H23NO5S3/c25-20(26)10-12-30-23(31-13-11-21(27)28)18-8-4-5-9-19(18)29-14-17-15-32-22(24-17)16-6-2-1-3-7-16/h1-9,15,23H,10-14H2,(H,25,26)(H,27,28). The molecule has 32 heavy (non-hydrogen) atoms. The summed E-state index contributed by atoms with van der Waals surface area (Å²) in [7, 11) is 0. The van der Waals surface area contributed by atoms with Crippen molar-refractivity contribution in [2.45, 2.75) is 24.0 Å². The van der Waals surface area contributed by atoms with Crippen LogP contribution < -0.4 is 4.74 Å². The van der Waals surface area contributed by atoms with Crippen LogP contribution in [-0.4, -0.2) is 38.6 Å². The lowest BCUT2D eigenvalue weighted by Gasteiger charge is -2.19. The van der Waals surface area contributed by atoms with Crippen LogP contribution in [0, 0.1) is 0 Å². The Kier molecular flexibility index (Phi) is 9.45. The van der Waals surface area contributed by atoms with Crippen LogP contribution >= 0.6 is 34.9 Å². The van der Waals surface area contributed by atoms with Gasteiger partial charge in [0.2, 0.25) is 0 Å². The van der Waals surface area contributed by atoms with E-state index in [9.17, 15) is 9.59 Å². The minimum Gasteiger partial charge on any atom is -0.487 e. The molecule has 0 spiro atoms. The molecule has 2 aromatic carbocycles. The molecule has 0 atom stereocenters. The fourth-order valence-electron chi connectivity index (χ4n) is 2.78. The number of ether oxygens (including phenoxy) is 1. The molecule has 0 unspecified atom stereocenters. The maximum atomic E-state index is 10.9. The van der Waals surface area contributed by atoms with E-state index >= 15 is 0 Å². The lowest BCUT2D eigenvalue weighted by atomic mass is 10.2. The van der Waals surface area contributed by atoms with Gasteiger partial charge in [0.05, 0.1) is 23.1 Å². The first-order valence-electron chi connectivity index (χ1n) is 9.91. The molecule has 0 saturated heterocycles. The van der Waals surface area contributed by atoms with Gasteiger partial charge in [-0.15, -0.1) is 34.9 Å². The van der Waals surface area contributed by atoms with Gasteiger partial charge in [-0.2, -0.15) is 0 Å². The summed E-state index contributed by atoms with van der Waals surface area (Å²) >= 11 is 4.54. The summed E-state index contributed by atoms with van der Waals surface area (Å²) < 4.78 is 5.97. The third-order valence-electron chi connectivity index (χ3n) is 4.29. The van der Waals surface area contributed by atoms with Crippen LogP contribution in [0.3, 0.4) is 0 Å². The smallest absolute Gasteiger partial charge is 0.304 e. The number of aliphatic carboxylic acids is 2. The number of aromatic nitrogens is 1. The Morgan fingerprint density at radius 1 is 0.938 bits per heavy atom. The van der Waals surface area contributed by atoms with E-state index in [2.05, 4.69) is 4.98 Å². The summed E-state index contributed by atoms with van der Waals surface area (Å²) in [5.74, 6) is -0.150. The number of carboxylic acid groups (broad SMARTS) is 2. The third-order valence-corrected chi connectivity index (χ3v) is 8.04. The quantitative estimate of drug-likeness (QED) is 0.291. The molecule has 3 rings (SSSR count). The Balaban J connectivity index is 1.69. The van der Waals surface area contributed by atoms with Gasteiger partial charge in [0.15, 0.2) is 0 Å². The number of carboxylic acids is 2. The molecule has 1 heterocycles. The molecule has 6 nitrogen and oxygen atoms in total. The van der Waals surface area contributed by atoms with Gasteiger partial charge in [0, 0.05) is 28.0 Å². The topological polar surface area (TPSA) is 96.7 Å². The second-order valence-corrected chi connectivity index (χ2v) is 10.3. The highest BCUT2D eigenvalue weighted by Crippen LogP contribution is 2.44. The van der Waals surface area contributed by atoms with Crippen LogP contribution in [0.1, 0.15) is 28.7 Å². The number of thioether (sulfide) groups is 2. The van der Waals surface area contributed by atoms with Gasteiger partial charge >= 0.3 is 11.9 Å². The van der Waals surface area contributed by atoms with Gasteiger partial charge in [0.25, 0.3) is 0 Å². The van der Waals surface area contributed by atoms with E-state index in [0.29, 0.717) is 23.9 Å². The first-order chi connectivity index (χ1) is 15.5. The molecular weight excluding hydrogens is 466 g/mol. The van der Waals surface area contributed by atoms with Crippen LogP contribution in [-0.2, 0) is 16.2 Å². The van der Waals surface area contributed by atoms with Crippen molar-refractivity contribution in [2.24, 2.45) is 0 Å². The number of nitrogens with zero attached hydrogens (tertiary/aromatic N) is 1. The van der Waals surface area contributed by atoms with Gasteiger partial charge < -0.3 is 14.9 Å². The number of para-hydroxylation sites is 1. The maximum Gasteiger partial charge on any atom is 0.304 e. The number of thiazole rings is 1. The number of rotatable bonds is 13. The van der Waals surface area contributed by atoms with Crippen molar-refractivity contribution in [3.8, 4) is 16.3 Å². The van der Waals surface area contributed by atoms with Crippen LogP contribution in [0.15, 0.2) is 60.0 Å². The van der Waals surface area contributed by atoms with Crippen LogP contribution in [0.2, 0.25) is 0 Å². The lowest BCUT2D eigenvalue weighted by molar-refractivity contribution is -0.137. The first kappa shape index (κ1) is 24.2. The van der Waals surface area contributed by atoms with Crippen molar-refractivity contribution in [3.05, 3.63) is 71.2 Å². The van der Waals surface area contributed by atoms with Crippen LogP contribution in [0.5, 0.6) is 5.75 Å². The average molecular weight is 490 g/mol. The van der Waals surface area contributed by atoms with Gasteiger partial charge in [-0.1, -0.05) is 48.5 Å². The van der Waals surface area contributed by atoms with Gasteiger partial charge in [-0.3, -0.25) is 9.59 Å². The Labute approximate surface area is 199 Å². The van der Waals surface area contributed by atoms with Crippen molar-refractivity contribution in [2.75, 3.05) is 11.5 Å². The third kappa shape index (κ3) is 7.58. The molecule has 2 N–H and O–H groups in total. The fraction of sp³-hybridized carbons (Fsp3) is 0.261. The fourth-order valence-corrected chi connectivity index (χ4v) is 6.31. The highest BCUT2D eigenvalue weighted by Gasteiger charge is 2.19. The Hall–Kier alpha value is -2.49. The van der Waals surface area contributed by atoms with E-state index in [1.165, 1.54) is 23.5 Å². The minimum atomic E-state index is -0.853. The highest BCUT2D eigenvalue weighted by molar-refractivity contribution is 8.16. The van der Waals surface area contributed by atoms with Gasteiger partial charge in [-0.05, 0) is 6.07 Å². The predicted molar refractivity (Wildman–Crippen MR) is 130 cm³/mol. The molecule has 0 bridgehead atoms. The van der Waals surface area contributed by atoms with E-state index in [1.807, 2.05) is 60.0 Å². The summed E-state index contributed by atoms with van der Waals surface area (Å²) in [5, 5.41) is 20.8. The maximum absolute atomic E-state index is 10.9. The summed E-state index contributed by atoms with van der Waals surface area (Å²) in [6.45, 7) is 0.312. The summed E-state index contributed by atoms with van der Waals surface area (Å²) in [5.41, 5.74) is 2.81. The molecule has 0 saturated carbocycles. The molecule has 3 aromatic rings. The summed E-state index contributed by atoms with van der Waals surface area (Å²) in [6.07, 6.45) is 0.0928. The first-order valence-corrected chi connectivity index (χ1v) is 12.9. The molecule has 9 heteroatoms. The second-order valence-electron chi connectivity index (χ2n) is 6.70. The summed E-state index contributed by atoms with van der Waals surface area (Å²) in [4.78, 5) is 26.5. The van der Waals surface area contributed by atoms with Crippen molar-refractivity contribution < 1.29 is 24.5 Å². The zero-order chi connectivity index (χ0) is 22.8. The number of benzene rings is 2. The number of hydrogen-bond donors (Lipinski definition) is 2. The molecule has 1 aromatic heterocycles. The molecule has 0 aliphatic carbocycles. The zero-order valence-electron chi connectivity index (χ0n) is 17.2. The zero-order valence-corrected chi connectivity index (χ0v) is 19.6. The molecule has 0 radical (unpaired) electrons. The average Bonchev–Trinajstić information content (AvgIpc) is 3.26. The molecule has 0 aliphatic rings. The highest BCUT2D eigenvalue weighted by atomic mass is 32.2. The van der Waals surface area contributed by atoms with Crippen molar-refractivity contribution in [1.29, 1.82) is 0 Å². The van der Waals surface area contributed by atoms with Crippen molar-refractivity contribution >= 4 is 46.8 Å². The van der Waals surface area contributed by atoms with Crippen LogP contribution in [0.4, 0.5) is 0 Å². The van der Waals surface area contributed by atoms with Crippen molar-refractivity contribution in [3.63, 3.8) is 0 Å². The molecule has 0 aliphatic heterocycles. The molecule has 168 valence electrons. The molecule has 0 fully saturated rings. The predicted octanol–water partition coefficient (Wildman–Crippen LogP) is 5.80. The minimum absolute atomic E-state index is 0.0464. The SMILES string of the molecule is O=C(O)CCSC(SCCC(=O)O)c1ccccc1OCc1csc(-c2ccccc2)n1. The van der Waals surface area contributed by atoms with E-state index in [1.54, 1.807) is 11.3 Å². The van der Waals surface area contributed by atoms with Gasteiger partial charge in [-0.25, -0.2) is 4.98 Å². The van der Waals surface area contributed by atoms with Crippen LogP contribution in [0.25, 0.3) is 10.6 Å². The van der Waals surface area contributed by atoms with Crippen molar-refractivity contribution in [1.82, 2.24) is 4.98 Å². The largest absolute Gasteiger partial charge is 0.487 e. The summed E-state index contributed by atoms with van der Waals surface area (Å²) in [6, 6.07) is 17.6. The van der Waals surface area contributed by atoms with Gasteiger partial charge in [0.1, 0.15) is 17.4 Å².